The van der Waals surface area contributed by atoms with Crippen molar-refractivity contribution in [3.63, 3.8) is 0 Å². The number of hydrogen-bond donors (Lipinski definition) is 1. The van der Waals surface area contributed by atoms with Gasteiger partial charge in [0.1, 0.15) is 5.76 Å². The highest BCUT2D eigenvalue weighted by Gasteiger charge is 2.42. The maximum absolute atomic E-state index is 12.6. The maximum Gasteiger partial charge on any atom is 0.251 e. The summed E-state index contributed by atoms with van der Waals surface area (Å²) < 4.78 is 11.9. The Labute approximate surface area is 188 Å². The number of carbonyl (C=O) groups is 1. The van der Waals surface area contributed by atoms with Gasteiger partial charge in [-0.1, -0.05) is 12.1 Å². The molecule has 1 N–H and O–H groups in total. The van der Waals surface area contributed by atoms with Crippen LogP contribution in [0.3, 0.4) is 0 Å². The van der Waals surface area contributed by atoms with Crippen molar-refractivity contribution in [2.75, 3.05) is 19.6 Å². The van der Waals surface area contributed by atoms with Gasteiger partial charge in [-0.2, -0.15) is 0 Å². The second-order valence-corrected chi connectivity index (χ2v) is 8.86. The van der Waals surface area contributed by atoms with Gasteiger partial charge in [0.15, 0.2) is 0 Å². The van der Waals surface area contributed by atoms with Crippen molar-refractivity contribution in [2.24, 2.45) is 0 Å². The molecule has 6 nitrogen and oxygen atoms in total. The summed E-state index contributed by atoms with van der Waals surface area (Å²) in [6, 6.07) is 15.4. The molecule has 5 rings (SSSR count). The Balaban J connectivity index is 1.08. The molecular formula is C26H29N3O3. The summed E-state index contributed by atoms with van der Waals surface area (Å²) in [6.07, 6.45) is 9.63. The monoisotopic (exact) mass is 431 g/mol. The molecule has 2 fully saturated rings. The Kier molecular flexibility index (Phi) is 6.06. The van der Waals surface area contributed by atoms with Gasteiger partial charge in [0, 0.05) is 49.7 Å². The number of nitrogens with zero attached hydrogens (tertiary/aromatic N) is 2. The van der Waals surface area contributed by atoms with Gasteiger partial charge in [0.05, 0.1) is 18.0 Å². The molecule has 2 aromatic heterocycles. The number of likely N-dealkylation sites (tertiary alicyclic amines) is 1. The van der Waals surface area contributed by atoms with E-state index in [-0.39, 0.29) is 17.6 Å². The molecule has 0 radical (unpaired) electrons. The van der Waals surface area contributed by atoms with Crippen LogP contribution in [-0.2, 0) is 11.3 Å². The number of furan rings is 1. The predicted octanol–water partition coefficient (Wildman–Crippen LogP) is 4.29. The Bertz CT molecular complexity index is 1010. The molecule has 1 aromatic carbocycles. The topological polar surface area (TPSA) is 67.6 Å². The van der Waals surface area contributed by atoms with Gasteiger partial charge in [0.2, 0.25) is 0 Å². The van der Waals surface area contributed by atoms with Crippen LogP contribution in [0.4, 0.5) is 0 Å². The molecule has 32 heavy (non-hydrogen) atoms. The van der Waals surface area contributed by atoms with Gasteiger partial charge >= 0.3 is 0 Å². The van der Waals surface area contributed by atoms with Gasteiger partial charge in [0.25, 0.3) is 5.91 Å². The second kappa shape index (κ2) is 9.27. The molecule has 0 aliphatic carbocycles. The number of aromatic nitrogens is 1. The molecule has 0 unspecified atom stereocenters. The van der Waals surface area contributed by atoms with Crippen molar-refractivity contribution in [2.45, 2.75) is 43.9 Å². The quantitative estimate of drug-likeness (QED) is 0.631. The number of rotatable bonds is 6. The van der Waals surface area contributed by atoms with Crippen molar-refractivity contribution in [1.29, 1.82) is 0 Å². The zero-order chi connectivity index (χ0) is 21.8. The van der Waals surface area contributed by atoms with E-state index in [4.69, 9.17) is 9.15 Å². The summed E-state index contributed by atoms with van der Waals surface area (Å²) in [7, 11) is 0. The summed E-state index contributed by atoms with van der Waals surface area (Å²) in [5.41, 5.74) is 2.90. The maximum atomic E-state index is 12.6. The zero-order valence-electron chi connectivity index (χ0n) is 18.2. The number of piperidine rings is 1. The molecule has 3 aromatic rings. The highest BCUT2D eigenvalue weighted by Crippen LogP contribution is 2.39. The first-order valence-corrected chi connectivity index (χ1v) is 11.4. The highest BCUT2D eigenvalue weighted by molar-refractivity contribution is 5.94. The lowest BCUT2D eigenvalue weighted by Gasteiger charge is -2.39. The van der Waals surface area contributed by atoms with Crippen LogP contribution in [0.2, 0.25) is 0 Å². The molecular weight excluding hydrogens is 402 g/mol. The van der Waals surface area contributed by atoms with Gasteiger partial charge in [-0.3, -0.25) is 14.7 Å². The van der Waals surface area contributed by atoms with E-state index < -0.39 is 0 Å². The Morgan fingerprint density at radius 3 is 2.56 bits per heavy atom. The summed E-state index contributed by atoms with van der Waals surface area (Å²) in [5, 5.41) is 3.05. The largest absolute Gasteiger partial charge is 0.464 e. The lowest BCUT2D eigenvalue weighted by atomic mass is 9.88. The standard InChI is InChI=1S/C26H29N3O3/c30-25(22-5-3-21(4-6-22)24-2-1-17-31-24)28-18-23-7-10-26(32-23)11-15-29(16-12-26)19-20-8-13-27-14-9-20/h1-6,8-9,13-14,17,23H,7,10-12,15-16,18-19H2,(H,28,30)/t23-/m0/s1. The van der Waals surface area contributed by atoms with Crippen LogP contribution in [0, 0.1) is 0 Å². The van der Waals surface area contributed by atoms with E-state index >= 15 is 0 Å². The van der Waals surface area contributed by atoms with Crippen LogP contribution >= 0.6 is 0 Å². The van der Waals surface area contributed by atoms with Crippen LogP contribution < -0.4 is 5.32 Å². The highest BCUT2D eigenvalue weighted by atomic mass is 16.5. The molecule has 4 heterocycles. The van der Waals surface area contributed by atoms with Crippen LogP contribution in [0.15, 0.2) is 71.6 Å². The van der Waals surface area contributed by atoms with Crippen molar-refractivity contribution < 1.29 is 13.9 Å². The van der Waals surface area contributed by atoms with E-state index in [1.165, 1.54) is 5.56 Å². The number of carbonyl (C=O) groups excluding carboxylic acids is 1. The minimum Gasteiger partial charge on any atom is -0.464 e. The fraction of sp³-hybridized carbons (Fsp3) is 0.385. The molecule has 0 saturated carbocycles. The summed E-state index contributed by atoms with van der Waals surface area (Å²) in [4.78, 5) is 19.2. The Morgan fingerprint density at radius 2 is 1.84 bits per heavy atom. The van der Waals surface area contributed by atoms with E-state index in [1.54, 1.807) is 6.26 Å². The molecule has 1 amide bonds. The van der Waals surface area contributed by atoms with E-state index in [1.807, 2.05) is 48.8 Å². The van der Waals surface area contributed by atoms with Gasteiger partial charge < -0.3 is 14.5 Å². The molecule has 2 aliphatic heterocycles. The third kappa shape index (κ3) is 4.76. The van der Waals surface area contributed by atoms with Crippen molar-refractivity contribution in [3.05, 3.63) is 78.3 Å². The Morgan fingerprint density at radius 1 is 1.06 bits per heavy atom. The van der Waals surface area contributed by atoms with E-state index in [0.717, 1.165) is 56.6 Å². The molecule has 6 heteroatoms. The van der Waals surface area contributed by atoms with Crippen molar-refractivity contribution in [3.8, 4) is 11.3 Å². The molecule has 2 aliphatic rings. The minimum absolute atomic E-state index is 0.0190. The Hall–Kier alpha value is -2.96. The van der Waals surface area contributed by atoms with Crippen LogP contribution in [0.1, 0.15) is 41.6 Å². The average Bonchev–Trinajstić information content (AvgIpc) is 3.51. The van der Waals surface area contributed by atoms with Crippen LogP contribution in [-0.4, -0.2) is 47.1 Å². The van der Waals surface area contributed by atoms with E-state index in [9.17, 15) is 4.79 Å². The summed E-state index contributed by atoms with van der Waals surface area (Å²) >= 11 is 0. The van der Waals surface area contributed by atoms with Crippen molar-refractivity contribution in [1.82, 2.24) is 15.2 Å². The SMILES string of the molecule is O=C(NC[C@@H]1CCC2(CCN(Cc3ccncc3)CC2)O1)c1ccc(-c2ccco2)cc1. The lowest BCUT2D eigenvalue weighted by Crippen LogP contribution is -2.44. The summed E-state index contributed by atoms with van der Waals surface area (Å²) in [5.74, 6) is 0.737. The zero-order valence-corrected chi connectivity index (χ0v) is 18.2. The smallest absolute Gasteiger partial charge is 0.251 e. The third-order valence-corrected chi connectivity index (χ3v) is 6.70. The molecule has 166 valence electrons. The normalized spacial score (nSPS) is 20.4. The van der Waals surface area contributed by atoms with Crippen LogP contribution in [0.25, 0.3) is 11.3 Å². The van der Waals surface area contributed by atoms with Crippen LogP contribution in [0.5, 0.6) is 0 Å². The van der Waals surface area contributed by atoms with E-state index in [2.05, 4.69) is 27.3 Å². The fourth-order valence-electron chi connectivity index (χ4n) is 4.81. The number of hydrogen-bond acceptors (Lipinski definition) is 5. The molecule has 1 spiro atoms. The number of amides is 1. The molecule has 1 atom stereocenters. The number of pyridine rings is 1. The third-order valence-electron chi connectivity index (χ3n) is 6.70. The minimum atomic E-state index is -0.0623. The first kappa shape index (κ1) is 20.9. The van der Waals surface area contributed by atoms with E-state index in [0.29, 0.717) is 12.1 Å². The predicted molar refractivity (Wildman–Crippen MR) is 122 cm³/mol. The second-order valence-electron chi connectivity index (χ2n) is 8.86. The molecule has 0 bridgehead atoms. The summed E-state index contributed by atoms with van der Waals surface area (Å²) in [6.45, 7) is 3.62. The van der Waals surface area contributed by atoms with Gasteiger partial charge in [-0.05, 0) is 67.6 Å². The number of nitrogens with one attached hydrogen (secondary N) is 1. The molecule has 2 saturated heterocycles. The van der Waals surface area contributed by atoms with Gasteiger partial charge in [-0.15, -0.1) is 0 Å². The van der Waals surface area contributed by atoms with Crippen molar-refractivity contribution >= 4 is 5.91 Å². The first-order valence-electron chi connectivity index (χ1n) is 11.4. The fourth-order valence-corrected chi connectivity index (χ4v) is 4.81. The average molecular weight is 432 g/mol. The number of benzene rings is 1. The number of ether oxygens (including phenoxy) is 1. The lowest BCUT2D eigenvalue weighted by molar-refractivity contribution is -0.0764. The first-order chi connectivity index (χ1) is 15.7. The van der Waals surface area contributed by atoms with Gasteiger partial charge in [-0.25, -0.2) is 0 Å².